The summed E-state index contributed by atoms with van der Waals surface area (Å²) in [5.74, 6) is -2.01. The normalized spacial score (nSPS) is 11.8. The first-order valence-corrected chi connectivity index (χ1v) is 9.24. The standard InChI is InChI=1S/C23H17F2N3O2/c1-14(23(29)27-16-8-11-18(24)19(25)12-16)30-17-9-6-15(7-10-17)22-13-26-20-4-2-3-5-21(20)28-22/h2-14H,1H3,(H,27,29). The second kappa shape index (κ2) is 8.24. The topological polar surface area (TPSA) is 64.1 Å². The van der Waals surface area contributed by atoms with Gasteiger partial charge in [-0.1, -0.05) is 12.1 Å². The van der Waals surface area contributed by atoms with Gasteiger partial charge in [-0.15, -0.1) is 0 Å². The lowest BCUT2D eigenvalue weighted by atomic mass is 10.1. The molecule has 5 nitrogen and oxygen atoms in total. The van der Waals surface area contributed by atoms with Gasteiger partial charge in [-0.3, -0.25) is 9.78 Å². The molecule has 0 aliphatic rings. The Morgan fingerprint density at radius 1 is 0.967 bits per heavy atom. The zero-order valence-corrected chi connectivity index (χ0v) is 16.0. The van der Waals surface area contributed by atoms with Crippen molar-refractivity contribution in [3.63, 3.8) is 0 Å². The van der Waals surface area contributed by atoms with E-state index in [9.17, 15) is 13.6 Å². The molecule has 4 rings (SSSR count). The van der Waals surface area contributed by atoms with Crippen LogP contribution in [-0.2, 0) is 4.79 Å². The number of amides is 1. The molecule has 0 fully saturated rings. The zero-order chi connectivity index (χ0) is 21.1. The van der Waals surface area contributed by atoms with Gasteiger partial charge in [0.2, 0.25) is 0 Å². The molecule has 3 aromatic carbocycles. The van der Waals surface area contributed by atoms with Crippen LogP contribution < -0.4 is 10.1 Å². The largest absolute Gasteiger partial charge is 0.481 e. The van der Waals surface area contributed by atoms with Gasteiger partial charge in [0.1, 0.15) is 5.75 Å². The maximum absolute atomic E-state index is 13.3. The highest BCUT2D eigenvalue weighted by Crippen LogP contribution is 2.23. The second-order valence-electron chi connectivity index (χ2n) is 6.65. The highest BCUT2D eigenvalue weighted by Gasteiger charge is 2.16. The molecular weight excluding hydrogens is 388 g/mol. The van der Waals surface area contributed by atoms with Crippen LogP contribution in [0, 0.1) is 11.6 Å². The molecule has 0 saturated heterocycles. The van der Waals surface area contributed by atoms with Crippen LogP contribution in [0.25, 0.3) is 22.3 Å². The molecule has 0 spiro atoms. The highest BCUT2D eigenvalue weighted by atomic mass is 19.2. The lowest BCUT2D eigenvalue weighted by Gasteiger charge is -2.15. The van der Waals surface area contributed by atoms with E-state index in [1.807, 2.05) is 36.4 Å². The van der Waals surface area contributed by atoms with Crippen LogP contribution in [0.3, 0.4) is 0 Å². The highest BCUT2D eigenvalue weighted by molar-refractivity contribution is 5.94. The Balaban J connectivity index is 1.43. The van der Waals surface area contributed by atoms with Gasteiger partial charge in [0.05, 0.1) is 22.9 Å². The monoisotopic (exact) mass is 405 g/mol. The van der Waals surface area contributed by atoms with Gasteiger partial charge in [-0.2, -0.15) is 0 Å². The Hall–Kier alpha value is -3.87. The number of fused-ring (bicyclic) bond motifs is 1. The molecule has 7 heteroatoms. The summed E-state index contributed by atoms with van der Waals surface area (Å²) in [5, 5.41) is 2.50. The van der Waals surface area contributed by atoms with Crippen molar-refractivity contribution in [1.82, 2.24) is 9.97 Å². The molecule has 0 aliphatic carbocycles. The molecule has 1 atom stereocenters. The number of rotatable bonds is 5. The van der Waals surface area contributed by atoms with E-state index in [-0.39, 0.29) is 5.69 Å². The van der Waals surface area contributed by atoms with Gasteiger partial charge < -0.3 is 10.1 Å². The van der Waals surface area contributed by atoms with Crippen molar-refractivity contribution in [2.45, 2.75) is 13.0 Å². The van der Waals surface area contributed by atoms with Gasteiger partial charge in [-0.25, -0.2) is 13.8 Å². The predicted octanol–water partition coefficient (Wildman–Crippen LogP) is 4.98. The fourth-order valence-electron chi connectivity index (χ4n) is 2.88. The van der Waals surface area contributed by atoms with Crippen molar-refractivity contribution in [3.05, 3.63) is 84.6 Å². The van der Waals surface area contributed by atoms with Gasteiger partial charge in [0, 0.05) is 17.3 Å². The quantitative estimate of drug-likeness (QED) is 0.509. The SMILES string of the molecule is CC(Oc1ccc(-c2cnc3ccccc3n2)cc1)C(=O)Nc1ccc(F)c(F)c1. The Morgan fingerprint density at radius 2 is 1.70 bits per heavy atom. The Labute approximate surface area is 171 Å². The van der Waals surface area contributed by atoms with E-state index in [4.69, 9.17) is 4.74 Å². The number of hydrogen-bond donors (Lipinski definition) is 1. The Kier molecular flexibility index (Phi) is 5.34. The van der Waals surface area contributed by atoms with Crippen molar-refractivity contribution in [2.75, 3.05) is 5.32 Å². The van der Waals surface area contributed by atoms with Crippen LogP contribution in [0.5, 0.6) is 5.75 Å². The minimum Gasteiger partial charge on any atom is -0.481 e. The van der Waals surface area contributed by atoms with Crippen LogP contribution in [0.1, 0.15) is 6.92 Å². The van der Waals surface area contributed by atoms with E-state index in [0.29, 0.717) is 5.75 Å². The molecule has 0 bridgehead atoms. The Bertz CT molecular complexity index is 1210. The second-order valence-corrected chi connectivity index (χ2v) is 6.65. The number of carbonyl (C=O) groups is 1. The third-order valence-electron chi connectivity index (χ3n) is 4.47. The van der Waals surface area contributed by atoms with Crippen molar-refractivity contribution in [2.24, 2.45) is 0 Å². The average molecular weight is 405 g/mol. The molecule has 1 aromatic heterocycles. The molecule has 1 unspecified atom stereocenters. The first-order chi connectivity index (χ1) is 14.5. The van der Waals surface area contributed by atoms with Gasteiger partial charge in [0.25, 0.3) is 5.91 Å². The minimum atomic E-state index is -1.03. The fourth-order valence-corrected chi connectivity index (χ4v) is 2.88. The third kappa shape index (κ3) is 4.25. The number of ether oxygens (including phenoxy) is 1. The number of hydrogen-bond acceptors (Lipinski definition) is 4. The van der Waals surface area contributed by atoms with E-state index in [0.717, 1.165) is 34.4 Å². The number of benzene rings is 3. The average Bonchev–Trinajstić information content (AvgIpc) is 2.76. The van der Waals surface area contributed by atoms with E-state index in [1.165, 1.54) is 6.07 Å². The summed E-state index contributed by atoms with van der Waals surface area (Å²) in [6.45, 7) is 1.57. The smallest absolute Gasteiger partial charge is 0.265 e. The maximum Gasteiger partial charge on any atom is 0.265 e. The number of aromatic nitrogens is 2. The summed E-state index contributed by atoms with van der Waals surface area (Å²) in [7, 11) is 0. The van der Waals surface area contributed by atoms with E-state index in [1.54, 1.807) is 25.3 Å². The minimum absolute atomic E-state index is 0.152. The lowest BCUT2D eigenvalue weighted by molar-refractivity contribution is -0.122. The van der Waals surface area contributed by atoms with Gasteiger partial charge in [0.15, 0.2) is 17.7 Å². The van der Waals surface area contributed by atoms with Crippen molar-refractivity contribution >= 4 is 22.6 Å². The zero-order valence-electron chi connectivity index (χ0n) is 16.0. The van der Waals surface area contributed by atoms with Gasteiger partial charge in [-0.05, 0) is 55.5 Å². The Morgan fingerprint density at radius 3 is 2.43 bits per heavy atom. The summed E-state index contributed by atoms with van der Waals surface area (Å²) < 4.78 is 31.9. The molecular formula is C23H17F2N3O2. The summed E-state index contributed by atoms with van der Waals surface area (Å²) in [5.41, 5.74) is 3.36. The molecule has 0 radical (unpaired) electrons. The predicted molar refractivity (Wildman–Crippen MR) is 110 cm³/mol. The molecule has 0 saturated carbocycles. The lowest BCUT2D eigenvalue weighted by Crippen LogP contribution is -2.30. The number of carbonyl (C=O) groups excluding carboxylic acids is 1. The van der Waals surface area contributed by atoms with Crippen LogP contribution in [0.4, 0.5) is 14.5 Å². The summed E-state index contributed by atoms with van der Waals surface area (Å²) in [6.07, 6.45) is 0.861. The van der Waals surface area contributed by atoms with Gasteiger partial charge >= 0.3 is 0 Å². The number of anilines is 1. The maximum atomic E-state index is 13.3. The van der Waals surface area contributed by atoms with E-state index < -0.39 is 23.6 Å². The summed E-state index contributed by atoms with van der Waals surface area (Å²) >= 11 is 0. The first kappa shape index (κ1) is 19.4. The van der Waals surface area contributed by atoms with Crippen LogP contribution >= 0.6 is 0 Å². The van der Waals surface area contributed by atoms with Crippen molar-refractivity contribution in [1.29, 1.82) is 0 Å². The van der Waals surface area contributed by atoms with Crippen LogP contribution in [-0.4, -0.2) is 22.0 Å². The molecule has 30 heavy (non-hydrogen) atoms. The fraction of sp³-hybridized carbons (Fsp3) is 0.0870. The molecule has 150 valence electrons. The summed E-state index contributed by atoms with van der Waals surface area (Å²) in [4.78, 5) is 21.3. The van der Waals surface area contributed by atoms with Crippen molar-refractivity contribution in [3.8, 4) is 17.0 Å². The molecule has 0 aliphatic heterocycles. The molecule has 1 amide bonds. The van der Waals surface area contributed by atoms with E-state index >= 15 is 0 Å². The number of halogens is 2. The number of nitrogens with zero attached hydrogens (tertiary/aromatic N) is 2. The number of nitrogens with one attached hydrogen (secondary N) is 1. The number of para-hydroxylation sites is 2. The van der Waals surface area contributed by atoms with Crippen LogP contribution in [0.2, 0.25) is 0 Å². The van der Waals surface area contributed by atoms with E-state index in [2.05, 4.69) is 15.3 Å². The first-order valence-electron chi connectivity index (χ1n) is 9.24. The molecule has 1 heterocycles. The third-order valence-corrected chi connectivity index (χ3v) is 4.47. The van der Waals surface area contributed by atoms with Crippen LogP contribution in [0.15, 0.2) is 72.9 Å². The summed E-state index contributed by atoms with van der Waals surface area (Å²) in [6, 6.07) is 17.9. The molecule has 1 N–H and O–H groups in total. The van der Waals surface area contributed by atoms with Crippen molar-refractivity contribution < 1.29 is 18.3 Å². The molecule has 4 aromatic rings.